The van der Waals surface area contributed by atoms with Crippen molar-refractivity contribution >= 4 is 5.91 Å². The molecule has 1 saturated heterocycles. The fourth-order valence-corrected chi connectivity index (χ4v) is 3.19. The number of nitrogens with zero attached hydrogens (tertiary/aromatic N) is 3. The van der Waals surface area contributed by atoms with Crippen molar-refractivity contribution in [3.63, 3.8) is 0 Å². The minimum absolute atomic E-state index is 0.0105. The molecule has 0 bridgehead atoms. The van der Waals surface area contributed by atoms with E-state index >= 15 is 0 Å². The first-order valence-electron chi connectivity index (χ1n) is 8.51. The number of amides is 1. The highest BCUT2D eigenvalue weighted by atomic mass is 19.1. The predicted octanol–water partition coefficient (Wildman–Crippen LogP) is 2.38. The van der Waals surface area contributed by atoms with Crippen molar-refractivity contribution in [1.29, 1.82) is 0 Å². The number of hydrogen-bond donors (Lipinski definition) is 1. The largest absolute Gasteiger partial charge is 0.335 e. The maximum atomic E-state index is 13.7. The second kappa shape index (κ2) is 6.36. The molecule has 0 spiro atoms. The lowest BCUT2D eigenvalue weighted by molar-refractivity contribution is 0.0621. The highest BCUT2D eigenvalue weighted by Crippen LogP contribution is 2.39. The summed E-state index contributed by atoms with van der Waals surface area (Å²) in [6, 6.07) is 8.76. The van der Waals surface area contributed by atoms with E-state index in [-0.39, 0.29) is 11.7 Å². The van der Waals surface area contributed by atoms with E-state index in [2.05, 4.69) is 15.1 Å². The second-order valence-electron chi connectivity index (χ2n) is 6.64. The van der Waals surface area contributed by atoms with Crippen LogP contribution in [0.25, 0.3) is 0 Å². The number of hydrogen-bond acceptors (Lipinski definition) is 3. The molecule has 0 unspecified atom stereocenters. The Morgan fingerprint density at radius 1 is 1.21 bits per heavy atom. The third kappa shape index (κ3) is 3.19. The van der Waals surface area contributed by atoms with Crippen molar-refractivity contribution in [2.45, 2.75) is 25.3 Å². The van der Waals surface area contributed by atoms with Crippen LogP contribution in [0.2, 0.25) is 0 Å². The number of carbonyl (C=O) groups excluding carboxylic acids is 1. The molecule has 1 saturated carbocycles. The Kier molecular flexibility index (Phi) is 4.06. The molecule has 2 fully saturated rings. The Hall–Kier alpha value is -2.21. The van der Waals surface area contributed by atoms with Crippen molar-refractivity contribution in [1.82, 2.24) is 20.0 Å². The van der Waals surface area contributed by atoms with Gasteiger partial charge in [0.15, 0.2) is 0 Å². The molecular formula is C18H21FN4O. The summed E-state index contributed by atoms with van der Waals surface area (Å²) in [5, 5.41) is 7.16. The van der Waals surface area contributed by atoms with Crippen molar-refractivity contribution < 1.29 is 9.18 Å². The summed E-state index contributed by atoms with van der Waals surface area (Å²) in [6.07, 6.45) is 2.37. The van der Waals surface area contributed by atoms with Crippen LogP contribution in [-0.2, 0) is 6.54 Å². The van der Waals surface area contributed by atoms with Crippen LogP contribution >= 0.6 is 0 Å². The minimum Gasteiger partial charge on any atom is -0.335 e. The number of nitrogens with one attached hydrogen (secondary N) is 1. The van der Waals surface area contributed by atoms with Gasteiger partial charge in [0.1, 0.15) is 11.5 Å². The van der Waals surface area contributed by atoms with Crippen LogP contribution < -0.4 is 0 Å². The second-order valence-corrected chi connectivity index (χ2v) is 6.64. The number of piperazine rings is 1. The van der Waals surface area contributed by atoms with Crippen LogP contribution in [-0.4, -0.2) is 52.1 Å². The Labute approximate surface area is 140 Å². The molecule has 24 heavy (non-hydrogen) atoms. The average Bonchev–Trinajstić information content (AvgIpc) is 3.34. The number of H-pyrrole nitrogens is 1. The van der Waals surface area contributed by atoms with Crippen LogP contribution in [0.1, 0.15) is 40.5 Å². The monoisotopic (exact) mass is 328 g/mol. The lowest BCUT2D eigenvalue weighted by Gasteiger charge is -2.34. The molecular weight excluding hydrogens is 307 g/mol. The molecule has 2 aliphatic rings. The summed E-state index contributed by atoms with van der Waals surface area (Å²) in [5.41, 5.74) is 2.30. The van der Waals surface area contributed by atoms with E-state index < -0.39 is 0 Å². The molecule has 2 heterocycles. The van der Waals surface area contributed by atoms with E-state index in [1.807, 2.05) is 23.1 Å². The maximum Gasteiger partial charge on any atom is 0.274 e. The van der Waals surface area contributed by atoms with Crippen molar-refractivity contribution in [3.05, 3.63) is 53.1 Å². The van der Waals surface area contributed by atoms with Gasteiger partial charge in [0.2, 0.25) is 0 Å². The van der Waals surface area contributed by atoms with Crippen LogP contribution in [0.15, 0.2) is 30.3 Å². The topological polar surface area (TPSA) is 52.2 Å². The van der Waals surface area contributed by atoms with Gasteiger partial charge >= 0.3 is 0 Å². The summed E-state index contributed by atoms with van der Waals surface area (Å²) in [4.78, 5) is 16.6. The quantitative estimate of drug-likeness (QED) is 0.937. The van der Waals surface area contributed by atoms with E-state index in [0.29, 0.717) is 36.8 Å². The van der Waals surface area contributed by atoms with E-state index in [4.69, 9.17) is 0 Å². The van der Waals surface area contributed by atoms with Gasteiger partial charge in [-0.15, -0.1) is 0 Å². The Bertz CT molecular complexity index is 732. The first-order chi connectivity index (χ1) is 11.7. The number of aromatic nitrogens is 2. The van der Waals surface area contributed by atoms with E-state index in [1.165, 1.54) is 18.9 Å². The van der Waals surface area contributed by atoms with Crippen molar-refractivity contribution in [3.8, 4) is 0 Å². The zero-order valence-electron chi connectivity index (χ0n) is 13.5. The van der Waals surface area contributed by atoms with Gasteiger partial charge in [0.25, 0.3) is 5.91 Å². The Morgan fingerprint density at radius 2 is 1.96 bits per heavy atom. The third-order valence-electron chi connectivity index (χ3n) is 4.85. The summed E-state index contributed by atoms with van der Waals surface area (Å²) < 4.78 is 13.7. The summed E-state index contributed by atoms with van der Waals surface area (Å²) >= 11 is 0. The smallest absolute Gasteiger partial charge is 0.274 e. The van der Waals surface area contributed by atoms with Crippen molar-refractivity contribution in [2.24, 2.45) is 0 Å². The molecule has 1 aromatic heterocycles. The third-order valence-corrected chi connectivity index (χ3v) is 4.85. The first kappa shape index (κ1) is 15.3. The number of benzene rings is 1. The summed E-state index contributed by atoms with van der Waals surface area (Å²) in [7, 11) is 0. The highest BCUT2D eigenvalue weighted by Gasteiger charge is 2.28. The molecule has 1 aliphatic carbocycles. The van der Waals surface area contributed by atoms with Crippen LogP contribution in [0, 0.1) is 5.82 Å². The van der Waals surface area contributed by atoms with Gasteiger partial charge in [-0.05, 0) is 25.0 Å². The highest BCUT2D eigenvalue weighted by molar-refractivity contribution is 5.92. The molecule has 2 aromatic rings. The molecule has 1 aromatic carbocycles. The Morgan fingerprint density at radius 3 is 2.67 bits per heavy atom. The molecule has 4 rings (SSSR count). The number of carbonyl (C=O) groups is 1. The minimum atomic E-state index is -0.167. The van der Waals surface area contributed by atoms with Crippen molar-refractivity contribution in [2.75, 3.05) is 26.2 Å². The number of rotatable bonds is 4. The van der Waals surface area contributed by atoms with Gasteiger partial charge in [-0.3, -0.25) is 14.8 Å². The molecule has 126 valence electrons. The van der Waals surface area contributed by atoms with Gasteiger partial charge in [-0.1, -0.05) is 18.2 Å². The SMILES string of the molecule is O=C(c1cc(C2CC2)[nH]n1)N1CCN(Cc2ccccc2F)CC1. The average molecular weight is 328 g/mol. The zero-order valence-corrected chi connectivity index (χ0v) is 13.5. The van der Waals surface area contributed by atoms with Gasteiger partial charge in [-0.25, -0.2) is 4.39 Å². The molecule has 0 atom stereocenters. The van der Waals surface area contributed by atoms with Crippen LogP contribution in [0.3, 0.4) is 0 Å². The molecule has 1 amide bonds. The molecule has 6 heteroatoms. The predicted molar refractivity (Wildman–Crippen MR) is 88.1 cm³/mol. The first-order valence-corrected chi connectivity index (χ1v) is 8.51. The fraction of sp³-hybridized carbons (Fsp3) is 0.444. The molecule has 0 radical (unpaired) electrons. The van der Waals surface area contributed by atoms with Crippen LogP contribution in [0.4, 0.5) is 4.39 Å². The normalized spacial score (nSPS) is 18.8. The van der Waals surface area contributed by atoms with Gasteiger partial charge < -0.3 is 4.90 Å². The standard InChI is InChI=1S/C18H21FN4O/c19-15-4-2-1-3-14(15)12-22-7-9-23(10-8-22)18(24)17-11-16(20-21-17)13-5-6-13/h1-4,11,13H,5-10,12H2,(H,20,21). The van der Waals surface area contributed by atoms with E-state index in [0.717, 1.165) is 18.8 Å². The summed E-state index contributed by atoms with van der Waals surface area (Å²) in [5.74, 6) is 0.389. The van der Waals surface area contributed by atoms with Gasteiger partial charge in [0.05, 0.1) is 0 Å². The van der Waals surface area contributed by atoms with Crippen LogP contribution in [0.5, 0.6) is 0 Å². The zero-order chi connectivity index (χ0) is 16.5. The molecule has 1 N–H and O–H groups in total. The fourth-order valence-electron chi connectivity index (χ4n) is 3.19. The van der Waals surface area contributed by atoms with E-state index in [9.17, 15) is 9.18 Å². The van der Waals surface area contributed by atoms with E-state index in [1.54, 1.807) is 6.07 Å². The summed E-state index contributed by atoms with van der Waals surface area (Å²) in [6.45, 7) is 3.39. The lowest BCUT2D eigenvalue weighted by Crippen LogP contribution is -2.48. The number of aromatic amines is 1. The number of halogens is 1. The van der Waals surface area contributed by atoms with Gasteiger partial charge in [0, 0.05) is 49.9 Å². The maximum absolute atomic E-state index is 13.7. The lowest BCUT2D eigenvalue weighted by atomic mass is 10.2. The molecule has 5 nitrogen and oxygen atoms in total. The Balaban J connectivity index is 1.33. The van der Waals surface area contributed by atoms with Gasteiger partial charge in [-0.2, -0.15) is 5.10 Å². The molecule has 1 aliphatic heterocycles.